The lowest BCUT2D eigenvalue weighted by Crippen LogP contribution is -2.55. The van der Waals surface area contributed by atoms with E-state index < -0.39 is 11.6 Å². The molecule has 0 radical (unpaired) electrons. The highest BCUT2D eigenvalue weighted by Gasteiger charge is 2.32. The first-order chi connectivity index (χ1) is 9.51. The Kier molecular flexibility index (Phi) is 6.48. The molecule has 0 spiro atoms. The molecule has 0 saturated heterocycles. The topological polar surface area (TPSA) is 78.8 Å². The molecule has 0 atom stereocenters. The third-order valence-corrected chi connectivity index (χ3v) is 2.98. The Labute approximate surface area is 119 Å². The van der Waals surface area contributed by atoms with Crippen molar-refractivity contribution < 1.29 is 19.7 Å². The lowest BCUT2D eigenvalue weighted by Gasteiger charge is -2.32. The Balaban J connectivity index is 2.54. The first-order valence-electron chi connectivity index (χ1n) is 6.72. The number of aliphatic hydroxyl groups is 2. The number of rotatable bonds is 7. The maximum Gasteiger partial charge on any atom is 0.408 e. The number of alkyl carbamates (subject to hydrolysis) is 1. The van der Waals surface area contributed by atoms with Gasteiger partial charge in [0.1, 0.15) is 6.61 Å². The van der Waals surface area contributed by atoms with E-state index >= 15 is 0 Å². The molecule has 0 aromatic heterocycles. The Morgan fingerprint density at radius 2 is 1.85 bits per heavy atom. The van der Waals surface area contributed by atoms with Gasteiger partial charge in [-0.05, 0) is 17.9 Å². The Bertz CT molecular complexity index is 402. The molecule has 0 unspecified atom stereocenters. The second-order valence-electron chi connectivity index (χ2n) is 5.38. The molecule has 0 aliphatic rings. The lowest BCUT2D eigenvalue weighted by atomic mass is 9.90. The monoisotopic (exact) mass is 281 g/mol. The number of hydrogen-bond donors (Lipinski definition) is 3. The summed E-state index contributed by atoms with van der Waals surface area (Å²) >= 11 is 0. The van der Waals surface area contributed by atoms with Gasteiger partial charge in [0.15, 0.2) is 0 Å². The normalized spacial score (nSPS) is 11.4. The fourth-order valence-corrected chi connectivity index (χ4v) is 2.07. The molecule has 20 heavy (non-hydrogen) atoms. The van der Waals surface area contributed by atoms with Crippen molar-refractivity contribution >= 4 is 6.09 Å². The standard InChI is InChI=1S/C15H23NO4/c1-12(2)8-15(10-17,11-18)16-14(19)20-9-13-6-4-3-5-7-13/h3-7,12,17-18H,8-11H2,1-2H3,(H,16,19). The molecule has 5 heteroatoms. The van der Waals surface area contributed by atoms with Crippen molar-refractivity contribution in [2.75, 3.05) is 13.2 Å². The summed E-state index contributed by atoms with van der Waals surface area (Å²) in [5.74, 6) is 0.226. The summed E-state index contributed by atoms with van der Waals surface area (Å²) in [6.07, 6.45) is -0.168. The summed E-state index contributed by atoms with van der Waals surface area (Å²) < 4.78 is 5.10. The van der Waals surface area contributed by atoms with Gasteiger partial charge in [-0.15, -0.1) is 0 Å². The van der Waals surface area contributed by atoms with Gasteiger partial charge in [0.05, 0.1) is 18.8 Å². The van der Waals surface area contributed by atoms with Crippen molar-refractivity contribution in [3.8, 4) is 0 Å². The van der Waals surface area contributed by atoms with E-state index in [9.17, 15) is 15.0 Å². The third-order valence-electron chi connectivity index (χ3n) is 2.98. The minimum Gasteiger partial charge on any atom is -0.445 e. The number of nitrogens with one attached hydrogen (secondary N) is 1. The molecule has 0 saturated carbocycles. The van der Waals surface area contributed by atoms with Crippen LogP contribution < -0.4 is 5.32 Å². The Hall–Kier alpha value is -1.59. The number of aliphatic hydroxyl groups excluding tert-OH is 2. The fraction of sp³-hybridized carbons (Fsp3) is 0.533. The highest BCUT2D eigenvalue weighted by molar-refractivity contribution is 5.68. The quantitative estimate of drug-likeness (QED) is 0.710. The van der Waals surface area contributed by atoms with E-state index in [1.165, 1.54) is 0 Å². The zero-order valence-corrected chi connectivity index (χ0v) is 12.0. The summed E-state index contributed by atoms with van der Waals surface area (Å²) in [5.41, 5.74) is -0.160. The van der Waals surface area contributed by atoms with Gasteiger partial charge in [-0.2, -0.15) is 0 Å². The van der Waals surface area contributed by atoms with E-state index in [-0.39, 0.29) is 25.7 Å². The van der Waals surface area contributed by atoms with Gasteiger partial charge >= 0.3 is 6.09 Å². The number of carbonyl (C=O) groups is 1. The van der Waals surface area contributed by atoms with Crippen LogP contribution in [0.25, 0.3) is 0 Å². The van der Waals surface area contributed by atoms with E-state index in [0.717, 1.165) is 5.56 Å². The maximum atomic E-state index is 11.8. The van der Waals surface area contributed by atoms with E-state index in [2.05, 4.69) is 5.32 Å². The molecule has 1 rings (SSSR count). The van der Waals surface area contributed by atoms with Crippen molar-refractivity contribution in [1.29, 1.82) is 0 Å². The molecule has 0 aliphatic heterocycles. The molecule has 1 aromatic carbocycles. The molecular formula is C15H23NO4. The van der Waals surface area contributed by atoms with Crippen molar-refractivity contribution in [3.63, 3.8) is 0 Å². The summed E-state index contributed by atoms with van der Waals surface area (Å²) in [5, 5.41) is 21.4. The van der Waals surface area contributed by atoms with Crippen LogP contribution in [0.4, 0.5) is 4.79 Å². The average Bonchev–Trinajstić information content (AvgIpc) is 2.45. The van der Waals surface area contributed by atoms with Crippen molar-refractivity contribution in [3.05, 3.63) is 35.9 Å². The zero-order valence-electron chi connectivity index (χ0n) is 12.0. The van der Waals surface area contributed by atoms with Crippen LogP contribution in [0.2, 0.25) is 0 Å². The van der Waals surface area contributed by atoms with Crippen LogP contribution in [0.15, 0.2) is 30.3 Å². The SMILES string of the molecule is CC(C)CC(CO)(CO)NC(=O)OCc1ccccc1. The van der Waals surface area contributed by atoms with Crippen molar-refractivity contribution in [2.45, 2.75) is 32.4 Å². The summed E-state index contributed by atoms with van der Waals surface area (Å²) in [4.78, 5) is 11.8. The van der Waals surface area contributed by atoms with Gasteiger partial charge in [0, 0.05) is 0 Å². The van der Waals surface area contributed by atoms with Crippen molar-refractivity contribution in [2.24, 2.45) is 5.92 Å². The summed E-state index contributed by atoms with van der Waals surface area (Å²) in [7, 11) is 0. The number of benzene rings is 1. The third kappa shape index (κ3) is 5.19. The van der Waals surface area contributed by atoms with E-state index in [4.69, 9.17) is 4.74 Å². The Morgan fingerprint density at radius 3 is 2.35 bits per heavy atom. The number of carbonyl (C=O) groups excluding carboxylic acids is 1. The van der Waals surface area contributed by atoms with Gasteiger partial charge < -0.3 is 20.3 Å². The van der Waals surface area contributed by atoms with Gasteiger partial charge in [-0.25, -0.2) is 4.79 Å². The van der Waals surface area contributed by atoms with Crippen LogP contribution in [0.1, 0.15) is 25.8 Å². The van der Waals surface area contributed by atoms with Gasteiger partial charge in [0.25, 0.3) is 0 Å². The van der Waals surface area contributed by atoms with Gasteiger partial charge in [0.2, 0.25) is 0 Å². The molecule has 0 aliphatic carbocycles. The van der Waals surface area contributed by atoms with Crippen molar-refractivity contribution in [1.82, 2.24) is 5.32 Å². The summed E-state index contributed by atoms with van der Waals surface area (Å²) in [6.45, 7) is 3.40. The van der Waals surface area contributed by atoms with E-state index in [1.54, 1.807) is 0 Å². The minimum atomic E-state index is -1.04. The van der Waals surface area contributed by atoms with Gasteiger partial charge in [-0.3, -0.25) is 0 Å². The largest absolute Gasteiger partial charge is 0.445 e. The molecule has 112 valence electrons. The minimum absolute atomic E-state index is 0.154. The molecule has 0 heterocycles. The predicted molar refractivity (Wildman–Crippen MR) is 76.1 cm³/mol. The molecule has 5 nitrogen and oxygen atoms in total. The molecular weight excluding hydrogens is 258 g/mol. The highest BCUT2D eigenvalue weighted by Crippen LogP contribution is 2.16. The predicted octanol–water partition coefficient (Wildman–Crippen LogP) is 1.68. The number of ether oxygens (including phenoxy) is 1. The fourth-order valence-electron chi connectivity index (χ4n) is 2.07. The second-order valence-corrected chi connectivity index (χ2v) is 5.38. The molecule has 1 amide bonds. The smallest absolute Gasteiger partial charge is 0.408 e. The van der Waals surface area contributed by atoms with Gasteiger partial charge in [-0.1, -0.05) is 44.2 Å². The first kappa shape index (κ1) is 16.5. The first-order valence-corrected chi connectivity index (χ1v) is 6.72. The van der Waals surface area contributed by atoms with E-state index in [0.29, 0.717) is 6.42 Å². The van der Waals surface area contributed by atoms with Crippen LogP contribution in [-0.4, -0.2) is 35.1 Å². The lowest BCUT2D eigenvalue weighted by molar-refractivity contribution is 0.0606. The second kappa shape index (κ2) is 7.87. The average molecular weight is 281 g/mol. The molecule has 3 N–H and O–H groups in total. The highest BCUT2D eigenvalue weighted by atomic mass is 16.5. The van der Waals surface area contributed by atoms with Crippen LogP contribution in [0.3, 0.4) is 0 Å². The molecule has 0 bridgehead atoms. The number of amides is 1. The summed E-state index contributed by atoms with van der Waals surface area (Å²) in [6, 6.07) is 9.32. The van der Waals surface area contributed by atoms with Crippen LogP contribution in [-0.2, 0) is 11.3 Å². The van der Waals surface area contributed by atoms with Crippen LogP contribution in [0.5, 0.6) is 0 Å². The number of hydrogen-bond acceptors (Lipinski definition) is 4. The zero-order chi connectivity index (χ0) is 15.0. The van der Waals surface area contributed by atoms with Crippen LogP contribution in [0, 0.1) is 5.92 Å². The molecule has 1 aromatic rings. The van der Waals surface area contributed by atoms with E-state index in [1.807, 2.05) is 44.2 Å². The maximum absolute atomic E-state index is 11.8. The Morgan fingerprint density at radius 1 is 1.25 bits per heavy atom. The van der Waals surface area contributed by atoms with Crippen LogP contribution >= 0.6 is 0 Å². The molecule has 0 fully saturated rings.